The number of nitrogens with one attached hydrogen (secondary N) is 2. The molecule has 0 saturated carbocycles. The zero-order valence-electron chi connectivity index (χ0n) is 15.0. The van der Waals surface area contributed by atoms with Gasteiger partial charge < -0.3 is 16.0 Å². The minimum Gasteiger partial charge on any atom is -0.397 e. The maximum Gasteiger partial charge on any atom is 0.271 e. The number of nitrogen functional groups attached to an aromatic ring is 1. The first kappa shape index (κ1) is 21.7. The SMILES string of the molecule is Cl.Nc1cc(S(=O)(=O)Nc2cccc([N+](=O)[O-])c2)ccc1N1CCCNCC1. The van der Waals surface area contributed by atoms with E-state index in [-0.39, 0.29) is 28.7 Å². The molecule has 0 bridgehead atoms. The third-order valence-corrected chi connectivity index (χ3v) is 5.68. The van der Waals surface area contributed by atoms with E-state index in [1.807, 2.05) is 0 Å². The van der Waals surface area contributed by atoms with Crippen molar-refractivity contribution >= 4 is 45.2 Å². The van der Waals surface area contributed by atoms with Gasteiger partial charge in [-0.05, 0) is 37.2 Å². The Morgan fingerprint density at radius 1 is 1.14 bits per heavy atom. The summed E-state index contributed by atoms with van der Waals surface area (Å²) in [5.74, 6) is 0. The van der Waals surface area contributed by atoms with Crippen molar-refractivity contribution in [3.8, 4) is 0 Å². The van der Waals surface area contributed by atoms with Gasteiger partial charge in [-0.1, -0.05) is 6.07 Å². The van der Waals surface area contributed by atoms with Gasteiger partial charge >= 0.3 is 0 Å². The first-order valence-corrected chi connectivity index (χ1v) is 9.97. The minimum atomic E-state index is -3.92. The van der Waals surface area contributed by atoms with Crippen molar-refractivity contribution in [2.24, 2.45) is 0 Å². The second kappa shape index (κ2) is 9.09. The molecule has 2 aromatic carbocycles. The largest absolute Gasteiger partial charge is 0.397 e. The van der Waals surface area contributed by atoms with Crippen LogP contribution in [0.15, 0.2) is 47.4 Å². The maximum absolute atomic E-state index is 12.6. The number of rotatable bonds is 5. The summed E-state index contributed by atoms with van der Waals surface area (Å²) in [6.45, 7) is 3.42. The third-order valence-electron chi connectivity index (χ3n) is 4.30. The van der Waals surface area contributed by atoms with E-state index in [0.717, 1.165) is 38.3 Å². The summed E-state index contributed by atoms with van der Waals surface area (Å²) in [7, 11) is -3.92. The molecule has 0 aliphatic carbocycles. The lowest BCUT2D eigenvalue weighted by Crippen LogP contribution is -2.28. The topological polar surface area (TPSA) is 131 Å². The minimum absolute atomic E-state index is 0. The lowest BCUT2D eigenvalue weighted by molar-refractivity contribution is -0.384. The highest BCUT2D eigenvalue weighted by atomic mass is 35.5. The van der Waals surface area contributed by atoms with Crippen LogP contribution in [-0.2, 0) is 10.0 Å². The standard InChI is InChI=1S/C17H21N5O4S.ClH/c18-16-12-15(5-6-17(16)21-9-2-7-19-8-10-21)27(25,26)20-13-3-1-4-14(11-13)22(23)24;/h1,3-6,11-12,19-20H,2,7-10,18H2;1H. The Balaban J connectivity index is 0.00000280. The molecule has 1 aliphatic rings. The van der Waals surface area contributed by atoms with Gasteiger partial charge in [-0.15, -0.1) is 12.4 Å². The molecule has 0 spiro atoms. The second-order valence-electron chi connectivity index (χ2n) is 6.22. The van der Waals surface area contributed by atoms with Crippen molar-refractivity contribution in [1.82, 2.24) is 5.32 Å². The number of halogens is 1. The van der Waals surface area contributed by atoms with E-state index in [1.165, 1.54) is 36.4 Å². The van der Waals surface area contributed by atoms with Crippen LogP contribution >= 0.6 is 12.4 Å². The summed E-state index contributed by atoms with van der Waals surface area (Å²) in [5, 5.41) is 14.2. The molecule has 2 aromatic rings. The molecule has 4 N–H and O–H groups in total. The molecule has 0 radical (unpaired) electrons. The van der Waals surface area contributed by atoms with Crippen LogP contribution in [0.1, 0.15) is 6.42 Å². The monoisotopic (exact) mass is 427 g/mol. The number of hydrogen-bond acceptors (Lipinski definition) is 7. The summed E-state index contributed by atoms with van der Waals surface area (Å²) in [5.41, 5.74) is 7.21. The number of nitrogens with zero attached hydrogens (tertiary/aromatic N) is 2. The normalized spacial score (nSPS) is 14.6. The smallest absolute Gasteiger partial charge is 0.271 e. The Kier molecular flexibility index (Phi) is 7.05. The van der Waals surface area contributed by atoms with Gasteiger partial charge in [0.25, 0.3) is 15.7 Å². The van der Waals surface area contributed by atoms with E-state index in [9.17, 15) is 18.5 Å². The van der Waals surface area contributed by atoms with Crippen LogP contribution in [-0.4, -0.2) is 39.5 Å². The Morgan fingerprint density at radius 2 is 1.93 bits per heavy atom. The fourth-order valence-electron chi connectivity index (χ4n) is 2.97. The first-order chi connectivity index (χ1) is 12.9. The van der Waals surface area contributed by atoms with Crippen LogP contribution in [0.3, 0.4) is 0 Å². The zero-order chi connectivity index (χ0) is 19.4. The molecule has 1 heterocycles. The van der Waals surface area contributed by atoms with Gasteiger partial charge in [0.2, 0.25) is 0 Å². The third kappa shape index (κ3) is 5.03. The molecule has 0 aromatic heterocycles. The molecule has 3 rings (SSSR count). The fourth-order valence-corrected chi connectivity index (χ4v) is 4.06. The Labute approximate surface area is 169 Å². The summed E-state index contributed by atoms with van der Waals surface area (Å²) in [6.07, 6.45) is 0.980. The molecule has 1 fully saturated rings. The highest BCUT2D eigenvalue weighted by Gasteiger charge is 2.19. The van der Waals surface area contributed by atoms with E-state index in [2.05, 4.69) is 14.9 Å². The second-order valence-corrected chi connectivity index (χ2v) is 7.91. The van der Waals surface area contributed by atoms with Crippen LogP contribution in [0.25, 0.3) is 0 Å². The van der Waals surface area contributed by atoms with E-state index in [1.54, 1.807) is 6.07 Å². The Morgan fingerprint density at radius 3 is 2.64 bits per heavy atom. The average Bonchev–Trinajstić information content (AvgIpc) is 2.90. The molecular weight excluding hydrogens is 406 g/mol. The van der Waals surface area contributed by atoms with Crippen LogP contribution in [0.5, 0.6) is 0 Å². The molecule has 1 aliphatic heterocycles. The van der Waals surface area contributed by atoms with Gasteiger partial charge in [0, 0.05) is 31.8 Å². The summed E-state index contributed by atoms with van der Waals surface area (Å²) in [6, 6.07) is 9.92. The number of nitro groups is 1. The van der Waals surface area contributed by atoms with Gasteiger partial charge in [-0.25, -0.2) is 8.42 Å². The molecule has 0 amide bonds. The number of anilines is 3. The lowest BCUT2D eigenvalue weighted by Gasteiger charge is -2.24. The van der Waals surface area contributed by atoms with Crippen LogP contribution in [0.2, 0.25) is 0 Å². The van der Waals surface area contributed by atoms with Crippen LogP contribution in [0.4, 0.5) is 22.7 Å². The zero-order valence-corrected chi connectivity index (χ0v) is 16.6. The lowest BCUT2D eigenvalue weighted by atomic mass is 10.2. The van der Waals surface area contributed by atoms with E-state index >= 15 is 0 Å². The Hall–Kier alpha value is -2.56. The van der Waals surface area contributed by atoms with E-state index in [4.69, 9.17) is 5.73 Å². The van der Waals surface area contributed by atoms with Crippen molar-refractivity contribution in [2.45, 2.75) is 11.3 Å². The maximum atomic E-state index is 12.6. The summed E-state index contributed by atoms with van der Waals surface area (Å²) in [4.78, 5) is 12.4. The van der Waals surface area contributed by atoms with Crippen molar-refractivity contribution in [3.63, 3.8) is 0 Å². The number of nitrogens with two attached hydrogens (primary N) is 1. The number of hydrogen-bond donors (Lipinski definition) is 3. The molecule has 1 saturated heterocycles. The van der Waals surface area contributed by atoms with E-state index in [0.29, 0.717) is 5.69 Å². The number of benzene rings is 2. The predicted molar refractivity (Wildman–Crippen MR) is 112 cm³/mol. The molecule has 0 unspecified atom stereocenters. The van der Waals surface area contributed by atoms with Crippen LogP contribution in [0, 0.1) is 10.1 Å². The van der Waals surface area contributed by atoms with E-state index < -0.39 is 14.9 Å². The Bertz CT molecular complexity index is 946. The van der Waals surface area contributed by atoms with Gasteiger partial charge in [0.05, 0.1) is 26.9 Å². The highest BCUT2D eigenvalue weighted by Crippen LogP contribution is 2.28. The molecule has 28 heavy (non-hydrogen) atoms. The molecule has 9 nitrogen and oxygen atoms in total. The summed E-state index contributed by atoms with van der Waals surface area (Å²) >= 11 is 0. The van der Waals surface area contributed by atoms with Gasteiger partial charge in [-0.3, -0.25) is 14.8 Å². The van der Waals surface area contributed by atoms with Crippen molar-refractivity contribution in [3.05, 3.63) is 52.6 Å². The molecule has 11 heteroatoms. The van der Waals surface area contributed by atoms with Crippen molar-refractivity contribution in [1.29, 1.82) is 0 Å². The van der Waals surface area contributed by atoms with Gasteiger partial charge in [0.1, 0.15) is 0 Å². The number of sulfonamides is 1. The number of non-ortho nitro benzene ring substituents is 1. The molecule has 152 valence electrons. The quantitative estimate of drug-likeness (QED) is 0.378. The highest BCUT2D eigenvalue weighted by molar-refractivity contribution is 7.92. The van der Waals surface area contributed by atoms with Gasteiger partial charge in [0.15, 0.2) is 0 Å². The molecule has 0 atom stereocenters. The predicted octanol–water partition coefficient (Wildman–Crippen LogP) is 2.20. The average molecular weight is 428 g/mol. The van der Waals surface area contributed by atoms with Gasteiger partial charge in [-0.2, -0.15) is 0 Å². The summed E-state index contributed by atoms with van der Waals surface area (Å²) < 4.78 is 27.6. The van der Waals surface area contributed by atoms with Crippen LogP contribution < -0.4 is 20.7 Å². The first-order valence-electron chi connectivity index (χ1n) is 8.49. The number of nitro benzene ring substituents is 1. The van der Waals surface area contributed by atoms with Crippen molar-refractivity contribution < 1.29 is 13.3 Å². The fraction of sp³-hybridized carbons (Fsp3) is 0.294. The molecular formula is C17H22ClN5O4S. The van der Waals surface area contributed by atoms with Crippen molar-refractivity contribution in [2.75, 3.05) is 41.5 Å².